The number of carbonyl (C=O) groups excluding carboxylic acids is 2. The van der Waals surface area contributed by atoms with Gasteiger partial charge in [0, 0.05) is 26.2 Å². The van der Waals surface area contributed by atoms with Gasteiger partial charge in [-0.2, -0.15) is 0 Å². The molecule has 0 fully saturated rings. The van der Waals surface area contributed by atoms with Crippen LogP contribution in [0.25, 0.3) is 0 Å². The molecule has 0 atom stereocenters. The number of carbonyl (C=O) groups is 2. The number of aryl methyl sites for hydroxylation is 1. The fraction of sp³-hybridized carbons (Fsp3) is 0.0357. The molecular weight excluding hydrogens is 583 g/mol. The molecule has 0 heterocycles. The highest BCUT2D eigenvalue weighted by molar-refractivity contribution is 14.1. The van der Waals surface area contributed by atoms with Crippen LogP contribution in [0.15, 0.2) is 97.1 Å². The van der Waals surface area contributed by atoms with Crippen molar-refractivity contribution < 1.29 is 9.59 Å². The maximum Gasteiger partial charge on any atom is 0.257 e. The number of halogens is 1. The summed E-state index contributed by atoms with van der Waals surface area (Å²) in [5.41, 5.74) is 5.02. The standard InChI is InChI=1S/C28H23IN4O2S/c1-18-11-12-19(17-24(18)29)26(34)33-28(36)32-25-10-6-5-9-23(25)27(35)31-22-15-13-21(14-16-22)30-20-7-3-2-4-8-20/h2-17,30H,1H3,(H,31,35)(H2,32,33,34,36). The Morgan fingerprint density at radius 3 is 2.08 bits per heavy atom. The van der Waals surface area contributed by atoms with Crippen molar-refractivity contribution in [2.45, 2.75) is 6.92 Å². The second-order valence-electron chi connectivity index (χ2n) is 7.94. The Labute approximate surface area is 228 Å². The molecule has 4 aromatic carbocycles. The predicted octanol–water partition coefficient (Wildman–Crippen LogP) is 6.72. The number of anilines is 4. The third-order valence-corrected chi connectivity index (χ3v) is 6.65. The number of hydrogen-bond donors (Lipinski definition) is 4. The second-order valence-corrected chi connectivity index (χ2v) is 9.51. The molecule has 8 heteroatoms. The summed E-state index contributed by atoms with van der Waals surface area (Å²) in [7, 11) is 0. The highest BCUT2D eigenvalue weighted by atomic mass is 127. The molecule has 4 aromatic rings. The maximum atomic E-state index is 13.0. The summed E-state index contributed by atoms with van der Waals surface area (Å²) in [6.07, 6.45) is 0. The molecule has 0 aromatic heterocycles. The third kappa shape index (κ3) is 6.67. The van der Waals surface area contributed by atoms with Gasteiger partial charge < -0.3 is 16.0 Å². The molecule has 0 aliphatic rings. The van der Waals surface area contributed by atoms with Crippen LogP contribution in [0.2, 0.25) is 0 Å². The van der Waals surface area contributed by atoms with Crippen LogP contribution in [0.1, 0.15) is 26.3 Å². The number of para-hydroxylation sites is 2. The van der Waals surface area contributed by atoms with E-state index in [0.717, 1.165) is 20.5 Å². The Bertz CT molecular complexity index is 1410. The Kier molecular flexibility index (Phi) is 8.29. The minimum atomic E-state index is -0.323. The lowest BCUT2D eigenvalue weighted by Gasteiger charge is -2.14. The SMILES string of the molecule is Cc1ccc(C(=O)NC(=S)Nc2ccccc2C(=O)Nc2ccc(Nc3ccccc3)cc2)cc1I. The number of nitrogens with one attached hydrogen (secondary N) is 4. The van der Waals surface area contributed by atoms with Gasteiger partial charge in [-0.1, -0.05) is 36.4 Å². The number of thiocarbonyl (C=S) groups is 1. The number of hydrogen-bond acceptors (Lipinski definition) is 4. The molecule has 4 rings (SSSR count). The first-order chi connectivity index (χ1) is 17.4. The van der Waals surface area contributed by atoms with Gasteiger partial charge in [0.2, 0.25) is 0 Å². The molecule has 6 nitrogen and oxygen atoms in total. The van der Waals surface area contributed by atoms with Gasteiger partial charge in [0.1, 0.15) is 0 Å². The van der Waals surface area contributed by atoms with Gasteiger partial charge in [-0.3, -0.25) is 14.9 Å². The average Bonchev–Trinajstić information content (AvgIpc) is 2.87. The molecule has 180 valence electrons. The summed E-state index contributed by atoms with van der Waals surface area (Å²) < 4.78 is 0.991. The van der Waals surface area contributed by atoms with Crippen molar-refractivity contribution in [1.29, 1.82) is 0 Å². The summed E-state index contributed by atoms with van der Waals surface area (Å²) in [4.78, 5) is 25.6. The zero-order valence-electron chi connectivity index (χ0n) is 19.3. The first kappa shape index (κ1) is 25.3. The van der Waals surface area contributed by atoms with Crippen molar-refractivity contribution in [2.24, 2.45) is 0 Å². The van der Waals surface area contributed by atoms with E-state index in [-0.39, 0.29) is 16.9 Å². The van der Waals surface area contributed by atoms with E-state index in [4.69, 9.17) is 12.2 Å². The summed E-state index contributed by atoms with van der Waals surface area (Å²) in [5, 5.41) is 12.0. The highest BCUT2D eigenvalue weighted by Crippen LogP contribution is 2.21. The monoisotopic (exact) mass is 606 g/mol. The molecule has 0 saturated carbocycles. The molecule has 36 heavy (non-hydrogen) atoms. The molecule has 0 aliphatic carbocycles. The van der Waals surface area contributed by atoms with Gasteiger partial charge in [-0.15, -0.1) is 0 Å². The van der Waals surface area contributed by atoms with Crippen LogP contribution in [-0.2, 0) is 0 Å². The highest BCUT2D eigenvalue weighted by Gasteiger charge is 2.14. The van der Waals surface area contributed by atoms with Crippen LogP contribution >= 0.6 is 34.8 Å². The third-order valence-electron chi connectivity index (χ3n) is 5.29. The van der Waals surface area contributed by atoms with E-state index in [1.807, 2.05) is 67.6 Å². The van der Waals surface area contributed by atoms with Crippen molar-refractivity contribution in [1.82, 2.24) is 5.32 Å². The molecule has 4 N–H and O–H groups in total. The topological polar surface area (TPSA) is 82.3 Å². The van der Waals surface area contributed by atoms with Crippen LogP contribution in [0.3, 0.4) is 0 Å². The Balaban J connectivity index is 1.39. The molecule has 2 amide bonds. The average molecular weight is 606 g/mol. The van der Waals surface area contributed by atoms with Crippen LogP contribution in [-0.4, -0.2) is 16.9 Å². The summed E-state index contributed by atoms with van der Waals surface area (Å²) >= 11 is 7.52. The van der Waals surface area contributed by atoms with E-state index < -0.39 is 0 Å². The molecule has 0 unspecified atom stereocenters. The molecule has 0 bridgehead atoms. The summed E-state index contributed by atoms with van der Waals surface area (Å²) in [5.74, 6) is -0.624. The lowest BCUT2D eigenvalue weighted by molar-refractivity contribution is 0.0976. The van der Waals surface area contributed by atoms with Gasteiger partial charge in [0.25, 0.3) is 11.8 Å². The Morgan fingerprint density at radius 2 is 1.36 bits per heavy atom. The first-order valence-corrected chi connectivity index (χ1v) is 12.6. The van der Waals surface area contributed by atoms with Crippen molar-refractivity contribution in [3.8, 4) is 0 Å². The first-order valence-electron chi connectivity index (χ1n) is 11.1. The fourth-order valence-electron chi connectivity index (χ4n) is 3.38. The van der Waals surface area contributed by atoms with E-state index >= 15 is 0 Å². The number of rotatable bonds is 6. The quantitative estimate of drug-likeness (QED) is 0.145. The molecule has 0 saturated heterocycles. The lowest BCUT2D eigenvalue weighted by atomic mass is 10.1. The van der Waals surface area contributed by atoms with Crippen LogP contribution in [0.5, 0.6) is 0 Å². The molecule has 0 radical (unpaired) electrons. The molecular formula is C28H23IN4O2S. The molecule has 0 spiro atoms. The van der Waals surface area contributed by atoms with Gasteiger partial charge in [0.15, 0.2) is 5.11 Å². The number of benzene rings is 4. The number of amides is 2. The maximum absolute atomic E-state index is 13.0. The van der Waals surface area contributed by atoms with Crippen molar-refractivity contribution >= 4 is 74.5 Å². The largest absolute Gasteiger partial charge is 0.356 e. The van der Waals surface area contributed by atoms with Gasteiger partial charge in [0.05, 0.1) is 11.3 Å². The van der Waals surface area contributed by atoms with Gasteiger partial charge in [-0.05, 0) is 108 Å². The van der Waals surface area contributed by atoms with Crippen LogP contribution in [0, 0.1) is 10.5 Å². The van der Waals surface area contributed by atoms with E-state index in [2.05, 4.69) is 43.9 Å². The zero-order valence-corrected chi connectivity index (χ0v) is 22.3. The second kappa shape index (κ2) is 11.8. The van der Waals surface area contributed by atoms with Crippen molar-refractivity contribution in [3.63, 3.8) is 0 Å². The summed E-state index contributed by atoms with van der Waals surface area (Å²) in [6, 6.07) is 29.7. The van der Waals surface area contributed by atoms with E-state index in [0.29, 0.717) is 22.5 Å². The minimum Gasteiger partial charge on any atom is -0.356 e. The zero-order chi connectivity index (χ0) is 25.5. The van der Waals surface area contributed by atoms with E-state index in [1.54, 1.807) is 36.4 Å². The van der Waals surface area contributed by atoms with Crippen molar-refractivity contribution in [3.05, 3.63) is 117 Å². The van der Waals surface area contributed by atoms with Crippen LogP contribution < -0.4 is 21.3 Å². The van der Waals surface area contributed by atoms with Crippen molar-refractivity contribution in [2.75, 3.05) is 16.0 Å². The minimum absolute atomic E-state index is 0.104. The fourth-order valence-corrected chi connectivity index (χ4v) is 4.09. The smallest absolute Gasteiger partial charge is 0.257 e. The van der Waals surface area contributed by atoms with Gasteiger partial charge in [-0.25, -0.2) is 0 Å². The Hall–Kier alpha value is -3.76. The van der Waals surface area contributed by atoms with Gasteiger partial charge >= 0.3 is 0 Å². The van der Waals surface area contributed by atoms with E-state index in [1.165, 1.54) is 0 Å². The normalized spacial score (nSPS) is 10.3. The van der Waals surface area contributed by atoms with Crippen LogP contribution in [0.4, 0.5) is 22.7 Å². The Morgan fingerprint density at radius 1 is 0.722 bits per heavy atom. The summed E-state index contributed by atoms with van der Waals surface area (Å²) in [6.45, 7) is 1.98. The lowest BCUT2D eigenvalue weighted by Crippen LogP contribution is -2.34. The predicted molar refractivity (Wildman–Crippen MR) is 158 cm³/mol. The molecule has 0 aliphatic heterocycles. The van der Waals surface area contributed by atoms with E-state index in [9.17, 15) is 9.59 Å².